The normalized spacial score (nSPS) is 14.5. The third kappa shape index (κ3) is 7.82. The molecular weight excluding hydrogens is 440 g/mol. The fourth-order valence-electron chi connectivity index (χ4n) is 3.34. The highest BCUT2D eigenvalue weighted by Gasteiger charge is 2.31. The molecule has 1 saturated heterocycles. The van der Waals surface area contributed by atoms with Crippen molar-refractivity contribution in [3.8, 4) is 0 Å². The first kappa shape index (κ1) is 24.6. The molecule has 1 heterocycles. The van der Waals surface area contributed by atoms with Crippen LogP contribution in [0.3, 0.4) is 0 Å². The number of nitrogens with one attached hydrogen (secondary N) is 1. The van der Waals surface area contributed by atoms with Gasteiger partial charge in [-0.3, -0.25) is 9.59 Å². The largest absolute Gasteiger partial charge is 0.455 e. The van der Waals surface area contributed by atoms with Crippen LogP contribution >= 0.6 is 11.8 Å². The molecule has 1 N–H and O–H groups in total. The highest BCUT2D eigenvalue weighted by Crippen LogP contribution is 2.33. The molecule has 8 heteroatoms. The maximum absolute atomic E-state index is 12.4. The molecule has 0 aliphatic carbocycles. The topological polar surface area (TPSA) is 84.9 Å². The van der Waals surface area contributed by atoms with Gasteiger partial charge >= 0.3 is 12.1 Å². The number of piperidine rings is 1. The lowest BCUT2D eigenvalue weighted by molar-refractivity contribution is -0.153. The van der Waals surface area contributed by atoms with Crippen molar-refractivity contribution in [1.29, 1.82) is 0 Å². The first-order chi connectivity index (χ1) is 15.7. The molecule has 2 aromatic carbocycles. The second-order valence-corrected chi connectivity index (χ2v) is 9.92. The smallest absolute Gasteiger partial charge is 0.410 e. The molecule has 176 valence electrons. The number of esters is 1. The van der Waals surface area contributed by atoms with Gasteiger partial charge in [0, 0.05) is 22.9 Å². The number of benzene rings is 2. The summed E-state index contributed by atoms with van der Waals surface area (Å²) < 4.78 is 10.6. The van der Waals surface area contributed by atoms with Crippen LogP contribution in [0, 0.1) is 5.92 Å². The minimum Gasteiger partial charge on any atom is -0.455 e. The molecule has 0 aromatic heterocycles. The molecule has 0 radical (unpaired) electrons. The molecule has 2 aromatic rings. The van der Waals surface area contributed by atoms with Crippen LogP contribution in [0.4, 0.5) is 10.5 Å². The second kappa shape index (κ2) is 11.2. The van der Waals surface area contributed by atoms with E-state index in [0.717, 1.165) is 9.79 Å². The number of carbonyl (C=O) groups is 3. The van der Waals surface area contributed by atoms with E-state index in [0.29, 0.717) is 31.6 Å². The van der Waals surface area contributed by atoms with Crippen LogP contribution in [0.25, 0.3) is 0 Å². The van der Waals surface area contributed by atoms with Gasteiger partial charge in [0.1, 0.15) is 5.60 Å². The van der Waals surface area contributed by atoms with Crippen molar-refractivity contribution >= 4 is 35.4 Å². The van der Waals surface area contributed by atoms with Gasteiger partial charge < -0.3 is 19.7 Å². The maximum Gasteiger partial charge on any atom is 0.410 e. The summed E-state index contributed by atoms with van der Waals surface area (Å²) in [6.07, 6.45) is 0.590. The minimum absolute atomic E-state index is 0.336. The van der Waals surface area contributed by atoms with Crippen molar-refractivity contribution < 1.29 is 23.9 Å². The lowest BCUT2D eigenvalue weighted by Crippen LogP contribution is -2.43. The van der Waals surface area contributed by atoms with E-state index in [1.54, 1.807) is 16.7 Å². The Labute approximate surface area is 198 Å². The summed E-state index contributed by atoms with van der Waals surface area (Å²) in [7, 11) is 0. The SMILES string of the molecule is CC(C)(C)OC(=O)N1CCC(C(=O)OCC(=O)Nc2ccccc2Sc2ccccc2)CC1. The van der Waals surface area contributed by atoms with Crippen molar-refractivity contribution in [3.63, 3.8) is 0 Å². The molecule has 2 amide bonds. The number of likely N-dealkylation sites (tertiary alicyclic amines) is 1. The Balaban J connectivity index is 1.45. The molecule has 1 aliphatic rings. The number of amides is 2. The van der Waals surface area contributed by atoms with E-state index in [2.05, 4.69) is 5.32 Å². The van der Waals surface area contributed by atoms with Crippen LogP contribution in [0.1, 0.15) is 33.6 Å². The zero-order valence-corrected chi connectivity index (χ0v) is 20.0. The van der Waals surface area contributed by atoms with Gasteiger partial charge in [-0.2, -0.15) is 0 Å². The number of nitrogens with zero attached hydrogens (tertiary/aromatic N) is 1. The van der Waals surface area contributed by atoms with Crippen LogP contribution in [-0.4, -0.2) is 48.2 Å². The van der Waals surface area contributed by atoms with Crippen LogP contribution in [0.15, 0.2) is 64.4 Å². The molecule has 1 aliphatic heterocycles. The van der Waals surface area contributed by atoms with E-state index in [1.165, 1.54) is 0 Å². The van der Waals surface area contributed by atoms with Crippen LogP contribution in [0.2, 0.25) is 0 Å². The molecule has 33 heavy (non-hydrogen) atoms. The number of anilines is 1. The number of ether oxygens (including phenoxy) is 2. The zero-order valence-electron chi connectivity index (χ0n) is 19.2. The predicted molar refractivity (Wildman–Crippen MR) is 127 cm³/mol. The molecule has 0 spiro atoms. The molecule has 7 nitrogen and oxygen atoms in total. The molecule has 0 bridgehead atoms. The van der Waals surface area contributed by atoms with Gasteiger partial charge in [0.25, 0.3) is 5.91 Å². The zero-order chi connectivity index (χ0) is 23.8. The maximum atomic E-state index is 12.4. The number of hydrogen-bond donors (Lipinski definition) is 1. The van der Waals surface area contributed by atoms with Crippen molar-refractivity contribution in [3.05, 3.63) is 54.6 Å². The van der Waals surface area contributed by atoms with E-state index in [4.69, 9.17) is 9.47 Å². The molecule has 0 unspecified atom stereocenters. The standard InChI is InChI=1S/C25H30N2O5S/c1-25(2,3)32-24(30)27-15-13-18(14-16-27)23(29)31-17-22(28)26-20-11-7-8-12-21(20)33-19-9-5-4-6-10-19/h4-12,18H,13-17H2,1-3H3,(H,26,28). The van der Waals surface area contributed by atoms with Gasteiger partial charge in [-0.1, -0.05) is 42.1 Å². The molecular formula is C25H30N2O5S. The summed E-state index contributed by atoms with van der Waals surface area (Å²) in [4.78, 5) is 40.6. The second-order valence-electron chi connectivity index (χ2n) is 8.81. The summed E-state index contributed by atoms with van der Waals surface area (Å²) in [5.74, 6) is -1.14. The first-order valence-electron chi connectivity index (χ1n) is 11.0. The Bertz CT molecular complexity index is 966. The van der Waals surface area contributed by atoms with Gasteiger partial charge in [-0.25, -0.2) is 4.79 Å². The fourth-order valence-corrected chi connectivity index (χ4v) is 4.26. The Kier molecular flexibility index (Phi) is 8.38. The summed E-state index contributed by atoms with van der Waals surface area (Å²) in [5.41, 5.74) is 0.108. The number of hydrogen-bond acceptors (Lipinski definition) is 6. The first-order valence-corrected chi connectivity index (χ1v) is 11.8. The summed E-state index contributed by atoms with van der Waals surface area (Å²) in [6, 6.07) is 17.4. The van der Waals surface area contributed by atoms with E-state index in [9.17, 15) is 14.4 Å². The lowest BCUT2D eigenvalue weighted by Gasteiger charge is -2.32. The van der Waals surface area contributed by atoms with Crippen LogP contribution in [-0.2, 0) is 19.1 Å². The summed E-state index contributed by atoms with van der Waals surface area (Å²) >= 11 is 1.54. The summed E-state index contributed by atoms with van der Waals surface area (Å²) in [6.45, 7) is 5.95. The van der Waals surface area contributed by atoms with Crippen molar-refractivity contribution in [2.75, 3.05) is 25.0 Å². The molecule has 1 fully saturated rings. The van der Waals surface area contributed by atoms with E-state index < -0.39 is 17.5 Å². The van der Waals surface area contributed by atoms with Crippen molar-refractivity contribution in [1.82, 2.24) is 4.90 Å². The Morgan fingerprint density at radius 1 is 1.00 bits per heavy atom. The Morgan fingerprint density at radius 3 is 2.30 bits per heavy atom. The lowest BCUT2D eigenvalue weighted by atomic mass is 9.97. The van der Waals surface area contributed by atoms with Gasteiger partial charge in [0.2, 0.25) is 0 Å². The quantitative estimate of drug-likeness (QED) is 0.600. The minimum atomic E-state index is -0.557. The predicted octanol–water partition coefficient (Wildman–Crippen LogP) is 4.97. The van der Waals surface area contributed by atoms with Gasteiger partial charge in [0.15, 0.2) is 6.61 Å². The number of para-hydroxylation sites is 1. The van der Waals surface area contributed by atoms with E-state index in [-0.39, 0.29) is 18.6 Å². The average Bonchev–Trinajstić information content (AvgIpc) is 2.78. The van der Waals surface area contributed by atoms with E-state index >= 15 is 0 Å². The van der Waals surface area contributed by atoms with Gasteiger partial charge in [-0.05, 0) is 57.9 Å². The van der Waals surface area contributed by atoms with E-state index in [1.807, 2.05) is 75.4 Å². The molecule has 3 rings (SSSR count). The van der Waals surface area contributed by atoms with Crippen molar-refractivity contribution in [2.45, 2.75) is 49.0 Å². The molecule has 0 atom stereocenters. The van der Waals surface area contributed by atoms with Crippen LogP contribution in [0.5, 0.6) is 0 Å². The van der Waals surface area contributed by atoms with Gasteiger partial charge in [0.05, 0.1) is 11.6 Å². The van der Waals surface area contributed by atoms with Crippen LogP contribution < -0.4 is 5.32 Å². The number of carbonyl (C=O) groups excluding carboxylic acids is 3. The van der Waals surface area contributed by atoms with Crippen molar-refractivity contribution in [2.24, 2.45) is 5.92 Å². The average molecular weight is 471 g/mol. The highest BCUT2D eigenvalue weighted by molar-refractivity contribution is 7.99. The summed E-state index contributed by atoms with van der Waals surface area (Å²) in [5, 5.41) is 2.83. The third-order valence-electron chi connectivity index (χ3n) is 4.96. The fraction of sp³-hybridized carbons (Fsp3) is 0.400. The molecule has 0 saturated carbocycles. The monoisotopic (exact) mass is 470 g/mol. The highest BCUT2D eigenvalue weighted by atomic mass is 32.2. The Hall–Kier alpha value is -3.00. The number of rotatable bonds is 6. The third-order valence-corrected chi connectivity index (χ3v) is 6.04. The Morgan fingerprint density at radius 2 is 1.64 bits per heavy atom. The van der Waals surface area contributed by atoms with Gasteiger partial charge in [-0.15, -0.1) is 0 Å².